The van der Waals surface area contributed by atoms with Crippen LogP contribution in [0.15, 0.2) is 49.4 Å². The lowest BCUT2D eigenvalue weighted by atomic mass is 10.0. The number of likely N-dealkylation sites (tertiary alicyclic amines) is 1. The molecule has 3 aromatic rings. The van der Waals surface area contributed by atoms with Crippen molar-refractivity contribution >= 4 is 29.2 Å². The normalized spacial score (nSPS) is 15.5. The molecule has 156 valence electrons. The largest absolute Gasteiger partial charge is 0.490 e. The lowest BCUT2D eigenvalue weighted by Crippen LogP contribution is -2.38. The Bertz CT molecular complexity index is 1100. The summed E-state index contributed by atoms with van der Waals surface area (Å²) in [7, 11) is 0. The summed E-state index contributed by atoms with van der Waals surface area (Å²) in [6, 6.07) is 6.98. The van der Waals surface area contributed by atoms with E-state index in [4.69, 9.17) is 17.0 Å². The van der Waals surface area contributed by atoms with Crippen LogP contribution < -0.4 is 4.74 Å². The molecular formula is C22H25N5O2S. The van der Waals surface area contributed by atoms with Crippen LogP contribution in [-0.2, 0) is 4.79 Å². The van der Waals surface area contributed by atoms with Crippen LogP contribution >= 0.6 is 12.2 Å². The number of fused-ring (bicyclic) bond motifs is 1. The Morgan fingerprint density at radius 1 is 1.30 bits per heavy atom. The number of aromatic amines is 1. The van der Waals surface area contributed by atoms with Gasteiger partial charge in [0.2, 0.25) is 5.91 Å². The summed E-state index contributed by atoms with van der Waals surface area (Å²) >= 11 is 5.72. The van der Waals surface area contributed by atoms with Crippen molar-refractivity contribution in [3.63, 3.8) is 0 Å². The van der Waals surface area contributed by atoms with Gasteiger partial charge in [0.15, 0.2) is 5.65 Å². The molecule has 1 aliphatic rings. The summed E-state index contributed by atoms with van der Waals surface area (Å²) in [5, 5.41) is 7.59. The molecule has 0 radical (unpaired) electrons. The zero-order valence-electron chi connectivity index (χ0n) is 16.8. The van der Waals surface area contributed by atoms with E-state index in [0.717, 1.165) is 49.7 Å². The maximum atomic E-state index is 13.8. The molecule has 1 atom stereocenters. The summed E-state index contributed by atoms with van der Waals surface area (Å²) in [6.07, 6.45) is 9.32. The fourth-order valence-electron chi connectivity index (χ4n) is 3.85. The first-order chi connectivity index (χ1) is 14.7. The molecule has 4 rings (SSSR count). The molecule has 30 heavy (non-hydrogen) atoms. The molecule has 1 amide bonds. The van der Waals surface area contributed by atoms with Crippen molar-refractivity contribution in [1.82, 2.24) is 24.6 Å². The van der Waals surface area contributed by atoms with Crippen LogP contribution in [0.4, 0.5) is 0 Å². The van der Waals surface area contributed by atoms with Crippen LogP contribution in [0.1, 0.15) is 37.3 Å². The molecule has 8 heteroatoms. The van der Waals surface area contributed by atoms with Gasteiger partial charge in [-0.15, -0.1) is 0 Å². The fourth-order valence-corrected chi connectivity index (χ4v) is 4.15. The molecule has 0 bridgehead atoms. The number of carbonyl (C=O) groups is 1. The van der Waals surface area contributed by atoms with E-state index in [2.05, 4.69) is 21.8 Å². The Labute approximate surface area is 180 Å². The molecule has 3 heterocycles. The molecule has 2 aromatic heterocycles. The molecule has 1 unspecified atom stereocenters. The van der Waals surface area contributed by atoms with E-state index >= 15 is 0 Å². The van der Waals surface area contributed by atoms with E-state index < -0.39 is 6.04 Å². The Morgan fingerprint density at radius 3 is 2.87 bits per heavy atom. The number of carbonyl (C=O) groups excluding carboxylic acids is 1. The minimum Gasteiger partial charge on any atom is -0.490 e. The van der Waals surface area contributed by atoms with E-state index in [1.807, 2.05) is 29.2 Å². The molecule has 7 nitrogen and oxygen atoms in total. The minimum atomic E-state index is -0.616. The maximum Gasteiger partial charge on any atom is 0.250 e. The second kappa shape index (κ2) is 9.21. The smallest absolute Gasteiger partial charge is 0.250 e. The summed E-state index contributed by atoms with van der Waals surface area (Å²) in [5.41, 5.74) is 1.42. The van der Waals surface area contributed by atoms with Crippen LogP contribution in [0.5, 0.6) is 5.75 Å². The number of ether oxygens (including phenoxy) is 1. The fraction of sp³-hybridized carbons (Fsp3) is 0.364. The predicted octanol–water partition coefficient (Wildman–Crippen LogP) is 4.05. The van der Waals surface area contributed by atoms with E-state index in [-0.39, 0.29) is 5.91 Å². The van der Waals surface area contributed by atoms with Crippen molar-refractivity contribution in [2.45, 2.75) is 31.7 Å². The van der Waals surface area contributed by atoms with Gasteiger partial charge < -0.3 is 14.2 Å². The van der Waals surface area contributed by atoms with Crippen LogP contribution in [-0.4, -0.2) is 50.3 Å². The van der Waals surface area contributed by atoms with Gasteiger partial charge >= 0.3 is 0 Å². The lowest BCUT2D eigenvalue weighted by Gasteiger charge is -2.28. The Kier molecular flexibility index (Phi) is 6.23. The first kappa shape index (κ1) is 20.3. The van der Waals surface area contributed by atoms with Crippen molar-refractivity contribution in [2.24, 2.45) is 0 Å². The number of H-pyrrole nitrogens is 1. The first-order valence-electron chi connectivity index (χ1n) is 10.2. The third-order valence-electron chi connectivity index (χ3n) is 5.37. The molecule has 1 N–H and O–H groups in total. The predicted molar refractivity (Wildman–Crippen MR) is 118 cm³/mol. The average Bonchev–Trinajstić information content (AvgIpc) is 3.08. The van der Waals surface area contributed by atoms with Gasteiger partial charge in [-0.25, -0.2) is 4.98 Å². The summed E-state index contributed by atoms with van der Waals surface area (Å²) < 4.78 is 8.00. The number of aromatic nitrogens is 4. The van der Waals surface area contributed by atoms with Crippen molar-refractivity contribution in [1.29, 1.82) is 0 Å². The number of rotatable bonds is 6. The van der Waals surface area contributed by atoms with Gasteiger partial charge in [-0.1, -0.05) is 49.8 Å². The SMILES string of the molecule is C=CCOc1cccc(C(C(=O)N2CCCCCC2)n2cnc3[nH]ncc3c2=S)c1. The topological polar surface area (TPSA) is 76.0 Å². The number of hydrogen-bond acceptors (Lipinski definition) is 5. The Hall–Kier alpha value is -3.00. The standard InChI is InChI=1S/C22H25N5O2S/c1-2-12-29-17-9-7-8-16(13-17)19(21(28)26-10-5-3-4-6-11-26)27-15-23-20-18(22(27)30)14-24-25-20/h2,7-9,13-15,19H,1,3-6,10-12H2,(H,24,25). The van der Waals surface area contributed by atoms with E-state index in [1.54, 1.807) is 23.2 Å². The molecule has 1 fully saturated rings. The highest BCUT2D eigenvalue weighted by atomic mass is 32.1. The summed E-state index contributed by atoms with van der Waals surface area (Å²) in [5.74, 6) is 0.712. The number of nitrogens with zero attached hydrogens (tertiary/aromatic N) is 4. The molecular weight excluding hydrogens is 398 g/mol. The van der Waals surface area contributed by atoms with Crippen molar-refractivity contribution in [3.05, 3.63) is 59.6 Å². The van der Waals surface area contributed by atoms with E-state index in [1.165, 1.54) is 0 Å². The van der Waals surface area contributed by atoms with Crippen molar-refractivity contribution < 1.29 is 9.53 Å². The Balaban J connectivity index is 1.80. The molecule has 1 aliphatic heterocycles. The van der Waals surface area contributed by atoms with Gasteiger partial charge in [-0.2, -0.15) is 5.10 Å². The van der Waals surface area contributed by atoms with Gasteiger partial charge in [-0.05, 0) is 30.5 Å². The van der Waals surface area contributed by atoms with E-state index in [0.29, 0.717) is 22.6 Å². The number of benzene rings is 1. The lowest BCUT2D eigenvalue weighted by molar-refractivity contribution is -0.133. The molecule has 0 aliphatic carbocycles. The van der Waals surface area contributed by atoms with Crippen molar-refractivity contribution in [2.75, 3.05) is 19.7 Å². The zero-order chi connectivity index (χ0) is 20.9. The monoisotopic (exact) mass is 423 g/mol. The maximum absolute atomic E-state index is 13.8. The molecule has 0 saturated carbocycles. The third kappa shape index (κ3) is 4.14. The summed E-state index contributed by atoms with van der Waals surface area (Å²) in [4.78, 5) is 20.1. The van der Waals surface area contributed by atoms with E-state index in [9.17, 15) is 4.79 Å². The third-order valence-corrected chi connectivity index (χ3v) is 5.80. The second-order valence-electron chi connectivity index (χ2n) is 7.40. The minimum absolute atomic E-state index is 0.0264. The second-order valence-corrected chi connectivity index (χ2v) is 7.79. The summed E-state index contributed by atoms with van der Waals surface area (Å²) in [6.45, 7) is 5.61. The highest BCUT2D eigenvalue weighted by molar-refractivity contribution is 7.71. The number of nitrogens with one attached hydrogen (secondary N) is 1. The average molecular weight is 424 g/mol. The van der Waals surface area contributed by atoms with Crippen molar-refractivity contribution in [3.8, 4) is 5.75 Å². The molecule has 1 aromatic carbocycles. The van der Waals surface area contributed by atoms with Crippen LogP contribution in [0.3, 0.4) is 0 Å². The molecule has 0 spiro atoms. The van der Waals surface area contributed by atoms with Gasteiger partial charge in [0.05, 0.1) is 17.9 Å². The van der Waals surface area contributed by atoms with Crippen LogP contribution in [0, 0.1) is 4.64 Å². The quantitative estimate of drug-likeness (QED) is 0.478. The Morgan fingerprint density at radius 2 is 2.10 bits per heavy atom. The first-order valence-corrected chi connectivity index (χ1v) is 10.6. The zero-order valence-corrected chi connectivity index (χ0v) is 17.6. The number of amides is 1. The van der Waals surface area contributed by atoms with Gasteiger partial charge in [0, 0.05) is 13.1 Å². The molecule has 1 saturated heterocycles. The number of hydrogen-bond donors (Lipinski definition) is 1. The highest BCUT2D eigenvalue weighted by Gasteiger charge is 2.29. The van der Waals surface area contributed by atoms with Crippen LogP contribution in [0.2, 0.25) is 0 Å². The van der Waals surface area contributed by atoms with Gasteiger partial charge in [-0.3, -0.25) is 9.89 Å². The highest BCUT2D eigenvalue weighted by Crippen LogP contribution is 2.27. The van der Waals surface area contributed by atoms with Crippen LogP contribution in [0.25, 0.3) is 11.0 Å². The van der Waals surface area contributed by atoms with Gasteiger partial charge in [0.1, 0.15) is 23.0 Å². The van der Waals surface area contributed by atoms with Gasteiger partial charge in [0.25, 0.3) is 0 Å².